The van der Waals surface area contributed by atoms with Crippen LogP contribution in [-0.2, 0) is 0 Å². The quantitative estimate of drug-likeness (QED) is 0.879. The molecule has 1 aliphatic carbocycles. The number of rotatable bonds is 3. The Morgan fingerprint density at radius 1 is 1.37 bits per heavy atom. The van der Waals surface area contributed by atoms with Crippen molar-refractivity contribution in [2.75, 3.05) is 6.54 Å². The van der Waals surface area contributed by atoms with Gasteiger partial charge in [0.1, 0.15) is 11.4 Å². The minimum atomic E-state index is -0.311. The van der Waals surface area contributed by atoms with Gasteiger partial charge in [0.05, 0.1) is 6.10 Å². The van der Waals surface area contributed by atoms with Crippen LogP contribution in [0.2, 0.25) is 0 Å². The lowest BCUT2D eigenvalue weighted by molar-refractivity contribution is 0.0346. The first-order chi connectivity index (χ1) is 9.19. The Hall–Kier alpha value is -1.06. The summed E-state index contributed by atoms with van der Waals surface area (Å²) in [5.74, 6) is 1.03. The van der Waals surface area contributed by atoms with E-state index in [-0.39, 0.29) is 11.7 Å². The highest BCUT2D eigenvalue weighted by Gasteiger charge is 2.42. The van der Waals surface area contributed by atoms with Crippen molar-refractivity contribution in [3.63, 3.8) is 0 Å². The molecule has 1 heterocycles. The van der Waals surface area contributed by atoms with Gasteiger partial charge in [-0.3, -0.25) is 0 Å². The third kappa shape index (κ3) is 2.63. The van der Waals surface area contributed by atoms with Gasteiger partial charge in [-0.05, 0) is 38.7 Å². The molecular weight excluding hydrogens is 238 g/mol. The third-order valence-electron chi connectivity index (χ3n) is 4.37. The van der Waals surface area contributed by atoms with Gasteiger partial charge in [-0.25, -0.2) is 0 Å². The van der Waals surface area contributed by atoms with Crippen molar-refractivity contribution in [2.24, 2.45) is 0 Å². The van der Waals surface area contributed by atoms with Crippen molar-refractivity contribution in [3.05, 3.63) is 29.8 Å². The van der Waals surface area contributed by atoms with Crippen molar-refractivity contribution >= 4 is 0 Å². The summed E-state index contributed by atoms with van der Waals surface area (Å²) in [5, 5.41) is 13.0. The summed E-state index contributed by atoms with van der Waals surface area (Å²) in [5.41, 5.74) is 1.27. The zero-order valence-electron chi connectivity index (χ0n) is 11.6. The minimum absolute atomic E-state index is 0.0325. The average molecular weight is 261 g/mol. The molecule has 19 heavy (non-hydrogen) atoms. The molecule has 2 N–H and O–H groups in total. The van der Waals surface area contributed by atoms with E-state index in [1.807, 2.05) is 13.0 Å². The zero-order chi connectivity index (χ0) is 13.3. The van der Waals surface area contributed by atoms with E-state index >= 15 is 0 Å². The maximum atomic E-state index is 9.49. The standard InChI is InChI=1S/C16H23NO2/c1-12(18)11-17-14-10-16(8-4-5-9-16)19-15-7-3-2-6-13(14)15/h2-3,6-7,12,14,17-18H,4-5,8-11H2,1H3. The van der Waals surface area contributed by atoms with Crippen molar-refractivity contribution in [1.29, 1.82) is 0 Å². The van der Waals surface area contributed by atoms with E-state index in [0.29, 0.717) is 12.6 Å². The van der Waals surface area contributed by atoms with Crippen LogP contribution in [0.1, 0.15) is 50.6 Å². The van der Waals surface area contributed by atoms with Crippen LogP contribution < -0.4 is 10.1 Å². The summed E-state index contributed by atoms with van der Waals surface area (Å²) < 4.78 is 6.31. The van der Waals surface area contributed by atoms with Crippen LogP contribution in [-0.4, -0.2) is 23.4 Å². The van der Waals surface area contributed by atoms with Crippen LogP contribution >= 0.6 is 0 Å². The summed E-state index contributed by atoms with van der Waals surface area (Å²) in [6.07, 6.45) is 5.57. The van der Waals surface area contributed by atoms with E-state index in [9.17, 15) is 5.11 Å². The molecule has 104 valence electrons. The topological polar surface area (TPSA) is 41.5 Å². The molecule has 0 radical (unpaired) electrons. The number of aliphatic hydroxyl groups is 1. The number of benzene rings is 1. The minimum Gasteiger partial charge on any atom is -0.487 e. The summed E-state index contributed by atoms with van der Waals surface area (Å²) in [4.78, 5) is 0. The summed E-state index contributed by atoms with van der Waals surface area (Å²) in [6, 6.07) is 8.62. The fourth-order valence-electron chi connectivity index (χ4n) is 3.44. The van der Waals surface area contributed by atoms with E-state index in [0.717, 1.165) is 25.0 Å². The molecule has 1 fully saturated rings. The van der Waals surface area contributed by atoms with Crippen LogP contribution in [0.4, 0.5) is 0 Å². The second-order valence-corrected chi connectivity index (χ2v) is 6.04. The molecular formula is C16H23NO2. The summed E-state index contributed by atoms with van der Waals surface area (Å²) in [7, 11) is 0. The molecule has 3 heteroatoms. The second kappa shape index (κ2) is 5.14. The first-order valence-corrected chi connectivity index (χ1v) is 7.38. The number of nitrogens with one attached hydrogen (secondary N) is 1. The smallest absolute Gasteiger partial charge is 0.124 e. The molecule has 3 nitrogen and oxygen atoms in total. The third-order valence-corrected chi connectivity index (χ3v) is 4.37. The molecule has 3 rings (SSSR count). The monoisotopic (exact) mass is 261 g/mol. The lowest BCUT2D eigenvalue weighted by atomic mass is 9.86. The van der Waals surface area contributed by atoms with E-state index in [4.69, 9.17) is 4.74 Å². The first-order valence-electron chi connectivity index (χ1n) is 7.38. The molecule has 0 aromatic heterocycles. The number of ether oxygens (including phenoxy) is 1. The van der Waals surface area contributed by atoms with Crippen LogP contribution in [0.3, 0.4) is 0 Å². The Balaban J connectivity index is 1.85. The van der Waals surface area contributed by atoms with Crippen LogP contribution in [0.15, 0.2) is 24.3 Å². The second-order valence-electron chi connectivity index (χ2n) is 6.04. The Morgan fingerprint density at radius 2 is 2.11 bits per heavy atom. The Labute approximate surface area is 115 Å². The van der Waals surface area contributed by atoms with Crippen LogP contribution in [0, 0.1) is 0 Å². The number of fused-ring (bicyclic) bond motifs is 1. The highest BCUT2D eigenvalue weighted by atomic mass is 16.5. The molecule has 0 amide bonds. The number of aliphatic hydroxyl groups excluding tert-OH is 1. The molecule has 1 saturated carbocycles. The van der Waals surface area contributed by atoms with Gasteiger partial charge in [-0.2, -0.15) is 0 Å². The molecule has 1 aromatic rings. The molecule has 2 atom stereocenters. The Morgan fingerprint density at radius 3 is 2.84 bits per heavy atom. The molecule has 2 aliphatic rings. The van der Waals surface area contributed by atoms with Gasteiger partial charge >= 0.3 is 0 Å². The maximum Gasteiger partial charge on any atom is 0.124 e. The van der Waals surface area contributed by atoms with Gasteiger partial charge in [-0.15, -0.1) is 0 Å². The van der Waals surface area contributed by atoms with Crippen LogP contribution in [0.5, 0.6) is 5.75 Å². The lowest BCUT2D eigenvalue weighted by Crippen LogP contribution is -2.43. The predicted molar refractivity (Wildman–Crippen MR) is 75.3 cm³/mol. The maximum absolute atomic E-state index is 9.49. The predicted octanol–water partition coefficient (Wildman–Crippen LogP) is 2.79. The van der Waals surface area contributed by atoms with Gasteiger partial charge in [0, 0.05) is 24.6 Å². The van der Waals surface area contributed by atoms with Gasteiger partial charge in [0.2, 0.25) is 0 Å². The fraction of sp³-hybridized carbons (Fsp3) is 0.625. The van der Waals surface area contributed by atoms with E-state index in [1.165, 1.54) is 18.4 Å². The number of para-hydroxylation sites is 1. The lowest BCUT2D eigenvalue weighted by Gasteiger charge is -2.40. The van der Waals surface area contributed by atoms with Crippen molar-refractivity contribution in [3.8, 4) is 5.75 Å². The van der Waals surface area contributed by atoms with Crippen LogP contribution in [0.25, 0.3) is 0 Å². The molecule has 1 aromatic carbocycles. The number of hydrogen-bond acceptors (Lipinski definition) is 3. The van der Waals surface area contributed by atoms with E-state index in [2.05, 4.69) is 23.5 Å². The summed E-state index contributed by atoms with van der Waals surface area (Å²) >= 11 is 0. The normalized spacial score (nSPS) is 25.9. The zero-order valence-corrected chi connectivity index (χ0v) is 11.6. The molecule has 0 saturated heterocycles. The number of hydrogen-bond donors (Lipinski definition) is 2. The molecule has 1 spiro atoms. The van der Waals surface area contributed by atoms with Gasteiger partial charge in [0.15, 0.2) is 0 Å². The highest BCUT2D eigenvalue weighted by Crippen LogP contribution is 2.46. The van der Waals surface area contributed by atoms with Crippen molar-refractivity contribution in [1.82, 2.24) is 5.32 Å². The first kappa shape index (κ1) is 12.9. The largest absolute Gasteiger partial charge is 0.487 e. The van der Waals surface area contributed by atoms with Crippen molar-refractivity contribution in [2.45, 2.75) is 56.8 Å². The Bertz CT molecular complexity index is 438. The molecule has 1 aliphatic heterocycles. The fourth-order valence-corrected chi connectivity index (χ4v) is 3.44. The van der Waals surface area contributed by atoms with E-state index < -0.39 is 0 Å². The van der Waals surface area contributed by atoms with Gasteiger partial charge < -0.3 is 15.2 Å². The molecule has 2 unspecified atom stereocenters. The SMILES string of the molecule is CC(O)CNC1CC2(CCCC2)Oc2ccccc21. The molecule has 0 bridgehead atoms. The van der Waals surface area contributed by atoms with Crippen molar-refractivity contribution < 1.29 is 9.84 Å². The highest BCUT2D eigenvalue weighted by molar-refractivity contribution is 5.39. The van der Waals surface area contributed by atoms with Gasteiger partial charge in [-0.1, -0.05) is 18.2 Å². The average Bonchev–Trinajstić information content (AvgIpc) is 2.83. The Kier molecular flexibility index (Phi) is 3.50. The van der Waals surface area contributed by atoms with Gasteiger partial charge in [0.25, 0.3) is 0 Å². The summed E-state index contributed by atoms with van der Waals surface area (Å²) in [6.45, 7) is 2.46. The van der Waals surface area contributed by atoms with E-state index in [1.54, 1.807) is 0 Å².